The average Bonchev–Trinajstić information content (AvgIpc) is 3.07. The molecule has 0 atom stereocenters. The molecule has 3 aromatic rings. The predicted molar refractivity (Wildman–Crippen MR) is 115 cm³/mol. The molecule has 2 aromatic heterocycles. The molecule has 0 saturated heterocycles. The fourth-order valence-corrected chi connectivity index (χ4v) is 3.58. The van der Waals surface area contributed by atoms with E-state index in [1.165, 1.54) is 11.6 Å². The van der Waals surface area contributed by atoms with E-state index in [0.29, 0.717) is 28.7 Å². The van der Waals surface area contributed by atoms with Crippen LogP contribution in [0, 0.1) is 0 Å². The molecule has 0 radical (unpaired) electrons. The first-order chi connectivity index (χ1) is 14.0. The largest absolute Gasteiger partial charge is 1.00 e. The molecule has 30 heavy (non-hydrogen) atoms. The molecule has 10 heteroatoms. The molecule has 0 aliphatic heterocycles. The van der Waals surface area contributed by atoms with Crippen molar-refractivity contribution in [3.8, 4) is 0 Å². The first-order valence-electron chi connectivity index (χ1n) is 9.88. The molecular formula is C20H28Cl2N6O2. The molecule has 1 aromatic carbocycles. The lowest BCUT2D eigenvalue weighted by atomic mass is 10.2. The van der Waals surface area contributed by atoms with E-state index >= 15 is 0 Å². The summed E-state index contributed by atoms with van der Waals surface area (Å²) in [5.74, 6) is 0.565. The highest BCUT2D eigenvalue weighted by Gasteiger charge is 2.19. The molecule has 0 aliphatic rings. The summed E-state index contributed by atoms with van der Waals surface area (Å²) < 4.78 is 4.32. The van der Waals surface area contributed by atoms with E-state index in [9.17, 15) is 9.59 Å². The number of imidazole rings is 1. The first-order valence-corrected chi connectivity index (χ1v) is 10.3. The van der Waals surface area contributed by atoms with Crippen molar-refractivity contribution < 1.29 is 18.1 Å². The highest BCUT2D eigenvalue weighted by atomic mass is 35.5. The summed E-state index contributed by atoms with van der Waals surface area (Å²) in [6.07, 6.45) is 4.37. The fourth-order valence-electron chi connectivity index (χ4n) is 3.39. The Labute approximate surface area is 186 Å². The Morgan fingerprint density at radius 2 is 1.77 bits per heavy atom. The van der Waals surface area contributed by atoms with Gasteiger partial charge in [-0.3, -0.25) is 18.5 Å². The Hall–Kier alpha value is -2.29. The topological polar surface area (TPSA) is 101 Å². The van der Waals surface area contributed by atoms with E-state index < -0.39 is 5.69 Å². The van der Waals surface area contributed by atoms with Crippen LogP contribution < -0.4 is 34.7 Å². The van der Waals surface area contributed by atoms with Crippen molar-refractivity contribution in [3.63, 3.8) is 0 Å². The Balaban J connectivity index is 0.00000320. The smallest absolute Gasteiger partial charge is 0.332 e. The number of anilines is 1. The average molecular weight is 455 g/mol. The van der Waals surface area contributed by atoms with Gasteiger partial charge in [0.2, 0.25) is 5.95 Å². The molecular weight excluding hydrogens is 427 g/mol. The second-order valence-corrected chi connectivity index (χ2v) is 7.59. The van der Waals surface area contributed by atoms with E-state index in [0.717, 1.165) is 48.9 Å². The van der Waals surface area contributed by atoms with Gasteiger partial charge in [-0.05, 0) is 30.9 Å². The number of hydrogen-bond acceptors (Lipinski definition) is 4. The van der Waals surface area contributed by atoms with E-state index in [1.54, 1.807) is 7.05 Å². The number of nitrogens with one attached hydrogen (secondary N) is 1. The summed E-state index contributed by atoms with van der Waals surface area (Å²) in [6.45, 7) is 2.07. The van der Waals surface area contributed by atoms with Gasteiger partial charge >= 0.3 is 5.69 Å². The van der Waals surface area contributed by atoms with Crippen molar-refractivity contribution in [2.24, 2.45) is 14.1 Å². The minimum Gasteiger partial charge on any atom is -1.00 e. The van der Waals surface area contributed by atoms with Crippen LogP contribution in [0.25, 0.3) is 11.2 Å². The molecule has 0 amide bonds. The minimum atomic E-state index is -0.399. The van der Waals surface area contributed by atoms with Crippen molar-refractivity contribution >= 4 is 28.7 Å². The molecule has 0 aliphatic carbocycles. The van der Waals surface area contributed by atoms with Crippen LogP contribution >= 0.6 is 11.6 Å². The molecule has 0 bridgehead atoms. The Morgan fingerprint density at radius 1 is 1.07 bits per heavy atom. The maximum Gasteiger partial charge on any atom is 0.332 e. The fraction of sp³-hybridized carbons (Fsp3) is 0.450. The van der Waals surface area contributed by atoms with E-state index in [2.05, 4.69) is 16.0 Å². The number of unbranched alkanes of at least 4 members (excludes halogenated alkanes) is 3. The molecule has 3 rings (SSSR count). The van der Waals surface area contributed by atoms with Crippen LogP contribution in [-0.4, -0.2) is 31.8 Å². The van der Waals surface area contributed by atoms with Gasteiger partial charge in [-0.1, -0.05) is 36.2 Å². The van der Waals surface area contributed by atoms with E-state index in [4.69, 9.17) is 11.6 Å². The van der Waals surface area contributed by atoms with Gasteiger partial charge in [0.1, 0.15) is 0 Å². The lowest BCUT2D eigenvalue weighted by Crippen LogP contribution is -3.00. The molecule has 0 unspecified atom stereocenters. The summed E-state index contributed by atoms with van der Waals surface area (Å²) in [4.78, 5) is 29.8. The zero-order valence-electron chi connectivity index (χ0n) is 17.3. The number of nitrogens with zero attached hydrogens (tertiary/aromatic N) is 4. The standard InChI is InChI=1S/C20H27ClN6O2.ClH/c1-25-17-16(18(28)26(2)20(25)29)27(13-14-9-5-6-10-15(14)21)19(24-17)23-12-8-4-3-7-11-22;/h5-6,9-10H,3-4,7-8,11-13,22H2,1-2H3,(H,23,24);1H. The van der Waals surface area contributed by atoms with Gasteiger partial charge in [-0.25, -0.2) is 4.79 Å². The summed E-state index contributed by atoms with van der Waals surface area (Å²) in [7, 11) is 3.10. The van der Waals surface area contributed by atoms with Crippen molar-refractivity contribution in [2.45, 2.75) is 32.2 Å². The summed E-state index contributed by atoms with van der Waals surface area (Å²) in [6, 6.07) is 7.51. The van der Waals surface area contributed by atoms with Gasteiger partial charge in [0.25, 0.3) is 5.56 Å². The quantitative estimate of drug-likeness (QED) is 0.378. The van der Waals surface area contributed by atoms with E-state index in [-0.39, 0.29) is 18.0 Å². The predicted octanol–water partition coefficient (Wildman–Crippen LogP) is -1.65. The van der Waals surface area contributed by atoms with Gasteiger partial charge in [0.05, 0.1) is 13.1 Å². The highest BCUT2D eigenvalue weighted by Crippen LogP contribution is 2.22. The van der Waals surface area contributed by atoms with Crippen LogP contribution in [0.15, 0.2) is 33.9 Å². The van der Waals surface area contributed by atoms with Crippen LogP contribution in [0.1, 0.15) is 31.2 Å². The van der Waals surface area contributed by atoms with Gasteiger partial charge < -0.3 is 23.5 Å². The SMILES string of the molecule is Cn1c(=O)c2c(nc(NCCCCCC[NH3+])n2Cc2ccccc2Cl)n(C)c1=O.[Cl-]. The second kappa shape index (κ2) is 10.7. The number of quaternary nitrogens is 1. The first kappa shape index (κ1) is 24.0. The number of aryl methyl sites for hydroxylation is 1. The van der Waals surface area contributed by atoms with Gasteiger partial charge in [0, 0.05) is 25.7 Å². The summed E-state index contributed by atoms with van der Waals surface area (Å²) in [5, 5.41) is 3.96. The zero-order chi connectivity index (χ0) is 21.0. The third-order valence-electron chi connectivity index (χ3n) is 5.09. The molecule has 2 heterocycles. The van der Waals surface area contributed by atoms with E-state index in [1.807, 2.05) is 28.8 Å². The number of rotatable bonds is 9. The van der Waals surface area contributed by atoms with Gasteiger partial charge in [-0.15, -0.1) is 0 Å². The Kier molecular flexibility index (Phi) is 8.52. The van der Waals surface area contributed by atoms with Crippen LogP contribution in [0.3, 0.4) is 0 Å². The van der Waals surface area contributed by atoms with Crippen molar-refractivity contribution in [3.05, 3.63) is 55.7 Å². The van der Waals surface area contributed by atoms with Crippen molar-refractivity contribution in [1.82, 2.24) is 18.7 Å². The normalized spacial score (nSPS) is 10.9. The Bertz CT molecular complexity index is 1120. The molecule has 0 saturated carbocycles. The van der Waals surface area contributed by atoms with Crippen LogP contribution in [0.4, 0.5) is 5.95 Å². The second-order valence-electron chi connectivity index (χ2n) is 7.19. The number of hydrogen-bond donors (Lipinski definition) is 2. The Morgan fingerprint density at radius 3 is 2.47 bits per heavy atom. The number of benzene rings is 1. The maximum absolute atomic E-state index is 12.9. The zero-order valence-corrected chi connectivity index (χ0v) is 18.8. The van der Waals surface area contributed by atoms with Gasteiger partial charge in [-0.2, -0.15) is 4.98 Å². The van der Waals surface area contributed by atoms with Crippen molar-refractivity contribution in [1.29, 1.82) is 0 Å². The molecule has 8 nitrogen and oxygen atoms in total. The lowest BCUT2D eigenvalue weighted by molar-refractivity contribution is -0.368. The number of aromatic nitrogens is 4. The summed E-state index contributed by atoms with van der Waals surface area (Å²) >= 11 is 6.35. The minimum absolute atomic E-state index is 0. The van der Waals surface area contributed by atoms with Crippen LogP contribution in [0.5, 0.6) is 0 Å². The summed E-state index contributed by atoms with van der Waals surface area (Å²) in [5.41, 5.74) is 4.72. The van der Waals surface area contributed by atoms with Gasteiger partial charge in [0.15, 0.2) is 11.2 Å². The monoisotopic (exact) mass is 454 g/mol. The third-order valence-corrected chi connectivity index (χ3v) is 5.46. The molecule has 0 spiro atoms. The number of fused-ring (bicyclic) bond motifs is 1. The maximum atomic E-state index is 12.9. The van der Waals surface area contributed by atoms with Crippen LogP contribution in [-0.2, 0) is 20.6 Å². The van der Waals surface area contributed by atoms with Crippen molar-refractivity contribution in [2.75, 3.05) is 18.4 Å². The molecule has 164 valence electrons. The lowest BCUT2D eigenvalue weighted by Gasteiger charge is -2.12. The highest BCUT2D eigenvalue weighted by molar-refractivity contribution is 6.31. The number of halogens is 2. The molecule has 0 fully saturated rings. The third kappa shape index (κ3) is 4.88. The molecule has 4 N–H and O–H groups in total. The van der Waals surface area contributed by atoms with Crippen LogP contribution in [0.2, 0.25) is 5.02 Å².